The van der Waals surface area contributed by atoms with E-state index in [0.717, 1.165) is 32.2 Å². The van der Waals surface area contributed by atoms with Gasteiger partial charge in [0.25, 0.3) is 0 Å². The minimum atomic E-state index is -4.10. The quantitative estimate of drug-likeness (QED) is 0.808. The van der Waals surface area contributed by atoms with E-state index in [4.69, 9.17) is 0 Å². The van der Waals surface area contributed by atoms with Crippen molar-refractivity contribution in [2.75, 3.05) is 45.9 Å². The van der Waals surface area contributed by atoms with Gasteiger partial charge in [0.05, 0.1) is 6.54 Å². The summed E-state index contributed by atoms with van der Waals surface area (Å²) in [4.78, 5) is 3.73. The molecule has 0 bridgehead atoms. The van der Waals surface area contributed by atoms with Crippen molar-refractivity contribution >= 4 is 0 Å². The van der Waals surface area contributed by atoms with Gasteiger partial charge in [-0.05, 0) is 12.8 Å². The van der Waals surface area contributed by atoms with Crippen molar-refractivity contribution in [3.63, 3.8) is 0 Å². The van der Waals surface area contributed by atoms with E-state index in [0.29, 0.717) is 26.2 Å². The summed E-state index contributed by atoms with van der Waals surface area (Å²) < 4.78 is 37.1. The Morgan fingerprint density at radius 2 is 1.38 bits per heavy atom. The summed E-state index contributed by atoms with van der Waals surface area (Å²) >= 11 is 0. The molecule has 1 saturated carbocycles. The highest BCUT2D eigenvalue weighted by molar-refractivity contribution is 4.86. The molecule has 0 unspecified atom stereocenters. The fraction of sp³-hybridized carbons (Fsp3) is 1.00. The Labute approximate surface area is 125 Å². The molecule has 0 aromatic heterocycles. The van der Waals surface area contributed by atoms with Crippen molar-refractivity contribution in [1.82, 2.24) is 9.80 Å². The van der Waals surface area contributed by atoms with Crippen LogP contribution in [0.3, 0.4) is 0 Å². The van der Waals surface area contributed by atoms with E-state index in [2.05, 4.69) is 4.90 Å². The SMILES string of the molecule is OCC1(CN2CCN(CC(F)(F)F)CC2)CCCCCC1. The molecular weight excluding hydrogens is 281 g/mol. The Morgan fingerprint density at radius 1 is 0.857 bits per heavy atom. The van der Waals surface area contributed by atoms with Gasteiger partial charge in [-0.25, -0.2) is 0 Å². The number of aliphatic hydroxyl groups excluding tert-OH is 1. The number of aliphatic hydroxyl groups is 1. The Bertz CT molecular complexity index is 307. The van der Waals surface area contributed by atoms with Gasteiger partial charge in [0, 0.05) is 44.7 Å². The zero-order valence-corrected chi connectivity index (χ0v) is 12.7. The third-order valence-corrected chi connectivity index (χ3v) is 4.93. The van der Waals surface area contributed by atoms with Crippen LogP contribution in [0, 0.1) is 5.41 Å². The third-order valence-electron chi connectivity index (χ3n) is 4.93. The molecule has 2 aliphatic rings. The van der Waals surface area contributed by atoms with Crippen LogP contribution < -0.4 is 0 Å². The summed E-state index contributed by atoms with van der Waals surface area (Å²) in [5.41, 5.74) is -0.0251. The van der Waals surface area contributed by atoms with Crippen molar-refractivity contribution in [1.29, 1.82) is 0 Å². The molecular formula is C15H27F3N2O. The van der Waals surface area contributed by atoms with Crippen LogP contribution in [0.15, 0.2) is 0 Å². The van der Waals surface area contributed by atoms with Gasteiger partial charge in [-0.1, -0.05) is 25.7 Å². The molecule has 6 heteroatoms. The van der Waals surface area contributed by atoms with E-state index in [1.807, 2.05) is 0 Å². The highest BCUT2D eigenvalue weighted by Crippen LogP contribution is 2.35. The number of nitrogens with zero attached hydrogens (tertiary/aromatic N) is 2. The van der Waals surface area contributed by atoms with E-state index < -0.39 is 12.7 Å². The average Bonchev–Trinajstić information content (AvgIpc) is 2.66. The predicted molar refractivity (Wildman–Crippen MR) is 76.2 cm³/mol. The molecule has 0 radical (unpaired) electrons. The number of hydrogen-bond acceptors (Lipinski definition) is 3. The molecule has 1 heterocycles. The van der Waals surface area contributed by atoms with E-state index in [1.165, 1.54) is 17.7 Å². The van der Waals surface area contributed by atoms with Gasteiger partial charge in [-0.3, -0.25) is 4.90 Å². The van der Waals surface area contributed by atoms with Gasteiger partial charge in [0.1, 0.15) is 0 Å². The molecule has 1 N–H and O–H groups in total. The first-order valence-electron chi connectivity index (χ1n) is 8.05. The standard InChI is InChI=1S/C15H27F3N2O/c16-15(17,18)12-20-9-7-19(8-10-20)11-14(13-21)5-3-1-2-4-6-14/h21H,1-13H2. The smallest absolute Gasteiger partial charge is 0.396 e. The first-order chi connectivity index (χ1) is 9.92. The largest absolute Gasteiger partial charge is 0.401 e. The van der Waals surface area contributed by atoms with Crippen LogP contribution in [0.4, 0.5) is 13.2 Å². The monoisotopic (exact) mass is 308 g/mol. The number of piperazine rings is 1. The van der Waals surface area contributed by atoms with Crippen LogP contribution in [0.25, 0.3) is 0 Å². The molecule has 2 rings (SSSR count). The summed E-state index contributed by atoms with van der Waals surface area (Å²) in [6, 6.07) is 0. The third kappa shape index (κ3) is 5.42. The molecule has 0 aromatic carbocycles. The number of hydrogen-bond donors (Lipinski definition) is 1. The minimum Gasteiger partial charge on any atom is -0.396 e. The second-order valence-electron chi connectivity index (χ2n) is 6.74. The number of rotatable bonds is 4. The van der Waals surface area contributed by atoms with Crippen LogP contribution in [0.5, 0.6) is 0 Å². The van der Waals surface area contributed by atoms with Crippen LogP contribution in [0.2, 0.25) is 0 Å². The summed E-state index contributed by atoms with van der Waals surface area (Å²) in [5, 5.41) is 9.82. The average molecular weight is 308 g/mol. The van der Waals surface area contributed by atoms with Crippen LogP contribution in [-0.4, -0.2) is 67.0 Å². The van der Waals surface area contributed by atoms with Gasteiger partial charge >= 0.3 is 6.18 Å². The molecule has 2 fully saturated rings. The molecule has 1 aliphatic heterocycles. The van der Waals surface area contributed by atoms with Crippen LogP contribution in [0.1, 0.15) is 38.5 Å². The zero-order valence-electron chi connectivity index (χ0n) is 12.7. The number of halogens is 3. The lowest BCUT2D eigenvalue weighted by molar-refractivity contribution is -0.149. The van der Waals surface area contributed by atoms with Crippen molar-refractivity contribution in [2.45, 2.75) is 44.7 Å². The molecule has 124 valence electrons. The maximum Gasteiger partial charge on any atom is 0.401 e. The maximum absolute atomic E-state index is 12.4. The molecule has 0 spiro atoms. The second-order valence-corrected chi connectivity index (χ2v) is 6.74. The summed E-state index contributed by atoms with van der Waals surface area (Å²) in [6.45, 7) is 2.54. The first-order valence-corrected chi connectivity index (χ1v) is 8.05. The molecule has 1 aliphatic carbocycles. The number of alkyl halides is 3. The Morgan fingerprint density at radius 3 is 1.86 bits per heavy atom. The maximum atomic E-state index is 12.4. The lowest BCUT2D eigenvalue weighted by Crippen LogP contribution is -2.52. The second kappa shape index (κ2) is 7.29. The van der Waals surface area contributed by atoms with Crippen molar-refractivity contribution in [3.8, 4) is 0 Å². The van der Waals surface area contributed by atoms with E-state index in [-0.39, 0.29) is 12.0 Å². The zero-order chi connectivity index (χ0) is 15.3. The highest BCUT2D eigenvalue weighted by atomic mass is 19.4. The fourth-order valence-corrected chi connectivity index (χ4v) is 3.68. The molecule has 3 nitrogen and oxygen atoms in total. The van der Waals surface area contributed by atoms with E-state index in [1.54, 1.807) is 0 Å². The van der Waals surface area contributed by atoms with Crippen molar-refractivity contribution < 1.29 is 18.3 Å². The van der Waals surface area contributed by atoms with Crippen molar-refractivity contribution in [3.05, 3.63) is 0 Å². The summed E-state index contributed by atoms with van der Waals surface area (Å²) in [7, 11) is 0. The predicted octanol–water partition coefficient (Wildman–Crippen LogP) is 2.50. The Hall–Kier alpha value is -0.330. The van der Waals surface area contributed by atoms with Gasteiger partial charge < -0.3 is 10.0 Å². The van der Waals surface area contributed by atoms with E-state index >= 15 is 0 Å². The Kier molecular flexibility index (Phi) is 5.91. The fourth-order valence-electron chi connectivity index (χ4n) is 3.68. The molecule has 21 heavy (non-hydrogen) atoms. The topological polar surface area (TPSA) is 26.7 Å². The molecule has 0 amide bonds. The Balaban J connectivity index is 1.81. The highest BCUT2D eigenvalue weighted by Gasteiger charge is 2.35. The normalized spacial score (nSPS) is 25.7. The van der Waals surface area contributed by atoms with Gasteiger partial charge in [-0.15, -0.1) is 0 Å². The van der Waals surface area contributed by atoms with Crippen molar-refractivity contribution in [2.24, 2.45) is 5.41 Å². The summed E-state index contributed by atoms with van der Waals surface area (Å²) in [5.74, 6) is 0. The van der Waals surface area contributed by atoms with Crippen LogP contribution in [-0.2, 0) is 0 Å². The first kappa shape index (κ1) is 17.0. The van der Waals surface area contributed by atoms with Gasteiger partial charge in [0.2, 0.25) is 0 Å². The lowest BCUT2D eigenvalue weighted by Gasteiger charge is -2.41. The molecule has 1 saturated heterocycles. The lowest BCUT2D eigenvalue weighted by atomic mass is 9.80. The summed E-state index contributed by atoms with van der Waals surface area (Å²) in [6.07, 6.45) is 2.79. The minimum absolute atomic E-state index is 0.0251. The van der Waals surface area contributed by atoms with Gasteiger partial charge in [-0.2, -0.15) is 13.2 Å². The molecule has 0 aromatic rings. The van der Waals surface area contributed by atoms with Crippen LogP contribution >= 0.6 is 0 Å². The molecule has 0 atom stereocenters. The van der Waals surface area contributed by atoms with Gasteiger partial charge in [0.15, 0.2) is 0 Å². The van der Waals surface area contributed by atoms with E-state index in [9.17, 15) is 18.3 Å².